The Morgan fingerprint density at radius 1 is 1.33 bits per heavy atom. The third-order valence-electron chi connectivity index (χ3n) is 3.22. The van der Waals surface area contributed by atoms with Crippen LogP contribution in [0.4, 0.5) is 0 Å². The summed E-state index contributed by atoms with van der Waals surface area (Å²) in [6, 6.07) is 0. The molecule has 2 N–H and O–H groups in total. The van der Waals surface area contributed by atoms with Gasteiger partial charge in [0.2, 0.25) is 0 Å². The summed E-state index contributed by atoms with van der Waals surface area (Å²) in [6.45, 7) is 4.06. The van der Waals surface area contributed by atoms with Crippen molar-refractivity contribution in [1.82, 2.24) is 25.3 Å². The average Bonchev–Trinajstić information content (AvgIpc) is 2.93. The molecule has 1 aliphatic heterocycles. The Labute approximate surface area is 106 Å². The normalized spacial score (nSPS) is 14.5. The molecule has 1 aliphatic rings. The van der Waals surface area contributed by atoms with Crippen LogP contribution in [0.25, 0.3) is 11.6 Å². The van der Waals surface area contributed by atoms with E-state index in [9.17, 15) is 0 Å². The minimum Gasteiger partial charge on any atom is -0.342 e. The minimum absolute atomic E-state index is 0.726. The van der Waals surface area contributed by atoms with Crippen LogP contribution in [0.2, 0.25) is 0 Å². The predicted molar refractivity (Wildman–Crippen MR) is 69.0 cm³/mol. The van der Waals surface area contributed by atoms with Crippen molar-refractivity contribution in [2.75, 3.05) is 6.54 Å². The van der Waals surface area contributed by atoms with E-state index in [4.69, 9.17) is 0 Å². The summed E-state index contributed by atoms with van der Waals surface area (Å²) in [6.07, 6.45) is 6.61. The number of nitrogens with one attached hydrogen (secondary N) is 2. The number of H-pyrrole nitrogens is 1. The fraction of sp³-hybridized carbons (Fsp3) is 0.462. The van der Waals surface area contributed by atoms with Crippen LogP contribution in [0.3, 0.4) is 0 Å². The Morgan fingerprint density at radius 3 is 3.06 bits per heavy atom. The first-order chi connectivity index (χ1) is 8.88. The van der Waals surface area contributed by atoms with Crippen LogP contribution < -0.4 is 5.32 Å². The van der Waals surface area contributed by atoms with Gasteiger partial charge < -0.3 is 10.3 Å². The van der Waals surface area contributed by atoms with E-state index in [1.54, 1.807) is 12.4 Å². The van der Waals surface area contributed by atoms with Crippen molar-refractivity contribution in [2.45, 2.75) is 32.7 Å². The highest BCUT2D eigenvalue weighted by Gasteiger charge is 2.18. The number of aryl methyl sites for hydroxylation is 1. The Morgan fingerprint density at radius 2 is 2.28 bits per heavy atom. The standard InChI is InChI=1S/C13H17N5/c1-2-3-10-9-8-14-5-4-11(9)18-13(17-10)12-15-6-7-16-12/h6-7,14H,2-5,8H2,1H3,(H,15,16). The molecule has 0 spiro atoms. The van der Waals surface area contributed by atoms with Gasteiger partial charge in [-0.15, -0.1) is 0 Å². The molecule has 2 aromatic heterocycles. The van der Waals surface area contributed by atoms with E-state index in [-0.39, 0.29) is 0 Å². The smallest absolute Gasteiger partial charge is 0.196 e. The van der Waals surface area contributed by atoms with Crippen LogP contribution >= 0.6 is 0 Å². The molecule has 3 heterocycles. The molecule has 0 amide bonds. The zero-order valence-corrected chi connectivity index (χ0v) is 10.5. The van der Waals surface area contributed by atoms with E-state index in [1.807, 2.05) is 0 Å². The summed E-state index contributed by atoms with van der Waals surface area (Å²) in [7, 11) is 0. The van der Waals surface area contributed by atoms with Crippen LogP contribution in [0.15, 0.2) is 12.4 Å². The van der Waals surface area contributed by atoms with Crippen molar-refractivity contribution in [3.63, 3.8) is 0 Å². The third-order valence-corrected chi connectivity index (χ3v) is 3.22. The lowest BCUT2D eigenvalue weighted by Crippen LogP contribution is -2.27. The van der Waals surface area contributed by atoms with E-state index in [0.717, 1.165) is 44.0 Å². The third kappa shape index (κ3) is 2.01. The molecular formula is C13H17N5. The van der Waals surface area contributed by atoms with E-state index < -0.39 is 0 Å². The van der Waals surface area contributed by atoms with Gasteiger partial charge in [0.25, 0.3) is 0 Å². The van der Waals surface area contributed by atoms with Crippen molar-refractivity contribution < 1.29 is 0 Å². The zero-order chi connectivity index (χ0) is 12.4. The van der Waals surface area contributed by atoms with Crippen molar-refractivity contribution in [3.05, 3.63) is 29.3 Å². The lowest BCUT2D eigenvalue weighted by molar-refractivity contribution is 0.615. The topological polar surface area (TPSA) is 66.5 Å². The lowest BCUT2D eigenvalue weighted by Gasteiger charge is -2.19. The second-order valence-electron chi connectivity index (χ2n) is 4.53. The molecular weight excluding hydrogens is 226 g/mol. The van der Waals surface area contributed by atoms with Gasteiger partial charge in [-0.1, -0.05) is 13.3 Å². The van der Waals surface area contributed by atoms with Gasteiger partial charge in [0.15, 0.2) is 11.6 Å². The maximum absolute atomic E-state index is 4.67. The van der Waals surface area contributed by atoms with Gasteiger partial charge in [-0.3, -0.25) is 0 Å². The Kier molecular flexibility index (Phi) is 3.06. The summed E-state index contributed by atoms with van der Waals surface area (Å²) < 4.78 is 0. The minimum atomic E-state index is 0.726. The maximum atomic E-state index is 4.67. The van der Waals surface area contributed by atoms with Gasteiger partial charge in [-0.25, -0.2) is 15.0 Å². The van der Waals surface area contributed by atoms with Gasteiger partial charge in [0.1, 0.15) is 0 Å². The molecule has 0 unspecified atom stereocenters. The number of fused-ring (bicyclic) bond motifs is 1. The number of aromatic amines is 1. The molecule has 0 saturated carbocycles. The largest absolute Gasteiger partial charge is 0.342 e. The number of hydrogen-bond acceptors (Lipinski definition) is 4. The van der Waals surface area contributed by atoms with Gasteiger partial charge in [-0.2, -0.15) is 0 Å². The summed E-state index contributed by atoms with van der Waals surface area (Å²) in [5.41, 5.74) is 3.64. The first kappa shape index (κ1) is 11.3. The molecule has 2 aromatic rings. The van der Waals surface area contributed by atoms with Crippen LogP contribution in [-0.2, 0) is 19.4 Å². The van der Waals surface area contributed by atoms with Gasteiger partial charge in [0.05, 0.1) is 5.69 Å². The molecule has 0 atom stereocenters. The van der Waals surface area contributed by atoms with Crippen LogP contribution in [0.1, 0.15) is 30.3 Å². The van der Waals surface area contributed by atoms with Crippen molar-refractivity contribution >= 4 is 0 Å². The molecule has 0 aromatic carbocycles. The molecule has 0 saturated heterocycles. The number of rotatable bonds is 3. The quantitative estimate of drug-likeness (QED) is 0.856. The average molecular weight is 243 g/mol. The van der Waals surface area contributed by atoms with Crippen LogP contribution in [0.5, 0.6) is 0 Å². The fourth-order valence-corrected chi connectivity index (χ4v) is 2.35. The predicted octanol–water partition coefficient (Wildman–Crippen LogP) is 1.46. The molecule has 0 aliphatic carbocycles. The van der Waals surface area contributed by atoms with Crippen molar-refractivity contribution in [1.29, 1.82) is 0 Å². The Hall–Kier alpha value is -1.75. The number of hydrogen-bond donors (Lipinski definition) is 2. The highest BCUT2D eigenvalue weighted by molar-refractivity contribution is 5.45. The summed E-state index contributed by atoms with van der Waals surface area (Å²) in [5, 5.41) is 3.39. The van der Waals surface area contributed by atoms with E-state index >= 15 is 0 Å². The molecule has 5 nitrogen and oxygen atoms in total. The second-order valence-corrected chi connectivity index (χ2v) is 4.53. The van der Waals surface area contributed by atoms with Gasteiger partial charge in [-0.05, 0) is 6.42 Å². The maximum Gasteiger partial charge on any atom is 0.196 e. The molecule has 0 radical (unpaired) electrons. The Bertz CT molecular complexity index is 533. The highest BCUT2D eigenvalue weighted by Crippen LogP contribution is 2.20. The molecule has 3 rings (SSSR count). The molecule has 94 valence electrons. The highest BCUT2D eigenvalue weighted by atomic mass is 15.0. The van der Waals surface area contributed by atoms with Crippen molar-refractivity contribution in [2.24, 2.45) is 0 Å². The monoisotopic (exact) mass is 243 g/mol. The molecule has 0 fully saturated rings. The van der Waals surface area contributed by atoms with Gasteiger partial charge >= 0.3 is 0 Å². The zero-order valence-electron chi connectivity index (χ0n) is 10.5. The summed E-state index contributed by atoms with van der Waals surface area (Å²) >= 11 is 0. The first-order valence-corrected chi connectivity index (χ1v) is 6.47. The molecule has 18 heavy (non-hydrogen) atoms. The first-order valence-electron chi connectivity index (χ1n) is 6.47. The van der Waals surface area contributed by atoms with E-state index in [2.05, 4.69) is 32.2 Å². The van der Waals surface area contributed by atoms with E-state index in [1.165, 1.54) is 17.0 Å². The lowest BCUT2D eigenvalue weighted by atomic mass is 10.0. The van der Waals surface area contributed by atoms with Crippen molar-refractivity contribution in [3.8, 4) is 11.6 Å². The summed E-state index contributed by atoms with van der Waals surface area (Å²) in [4.78, 5) is 16.6. The number of nitrogens with zero attached hydrogens (tertiary/aromatic N) is 3. The second kappa shape index (κ2) is 4.86. The SMILES string of the molecule is CCCc1nc(-c2ncc[nH]2)nc2c1CNCC2. The van der Waals surface area contributed by atoms with Crippen LogP contribution in [-0.4, -0.2) is 26.5 Å². The molecule has 5 heteroatoms. The number of imidazole rings is 1. The van der Waals surface area contributed by atoms with Gasteiger partial charge in [0, 0.05) is 43.2 Å². The Balaban J connectivity index is 2.09. The summed E-state index contributed by atoms with van der Waals surface area (Å²) in [5.74, 6) is 1.48. The fourth-order valence-electron chi connectivity index (χ4n) is 2.35. The molecule has 0 bridgehead atoms. The van der Waals surface area contributed by atoms with Crippen LogP contribution in [0, 0.1) is 0 Å². The number of aromatic nitrogens is 4. The van der Waals surface area contributed by atoms with E-state index in [0.29, 0.717) is 0 Å².